The molecule has 11 heavy (non-hydrogen) atoms. The van der Waals surface area contributed by atoms with Crippen LogP contribution in [0.3, 0.4) is 0 Å². The monoisotopic (exact) mass is 152 g/mol. The molecule has 0 heterocycles. The van der Waals surface area contributed by atoms with Gasteiger partial charge in [0, 0.05) is 14.2 Å². The van der Waals surface area contributed by atoms with E-state index in [0.29, 0.717) is 0 Å². The topological polar surface area (TPSA) is 9.23 Å². The predicted octanol–water partition coefficient (Wildman–Crippen LogP) is 2.57. The third-order valence-corrected chi connectivity index (χ3v) is 1.17. The number of hydrogen-bond donors (Lipinski definition) is 0. The Kier molecular flexibility index (Phi) is 5.49. The fourth-order valence-corrected chi connectivity index (χ4v) is 0.807. The van der Waals surface area contributed by atoms with E-state index in [4.69, 9.17) is 0 Å². The summed E-state index contributed by atoms with van der Waals surface area (Å²) in [6.45, 7) is 4.21. The highest BCUT2D eigenvalue weighted by Crippen LogP contribution is 2.00. The van der Waals surface area contributed by atoms with Crippen LogP contribution in [0.25, 0.3) is 0 Å². The van der Waals surface area contributed by atoms with Gasteiger partial charge in [-0.3, -0.25) is 0 Å². The molecule has 0 radical (unpaired) electrons. The van der Waals surface area contributed by atoms with Crippen molar-refractivity contribution in [3.63, 3.8) is 0 Å². The summed E-state index contributed by atoms with van der Waals surface area (Å²) in [5.74, 6) is 0. The lowest BCUT2D eigenvalue weighted by Crippen LogP contribution is -1.71. The molecule has 0 saturated carbocycles. The van der Waals surface area contributed by atoms with Crippen LogP contribution in [-0.4, -0.2) is 14.2 Å². The zero-order valence-electron chi connectivity index (χ0n) is 7.72. The van der Waals surface area contributed by atoms with Gasteiger partial charge in [-0.05, 0) is 13.8 Å². The molecule has 0 aliphatic carbocycles. The smallest absolute Gasteiger partial charge is 0.0351 e. The van der Waals surface area contributed by atoms with Crippen LogP contribution in [-0.2, 0) is 4.74 Å². The van der Waals surface area contributed by atoms with Crippen LogP contribution >= 0.6 is 0 Å². The van der Waals surface area contributed by atoms with Crippen molar-refractivity contribution in [1.82, 2.24) is 0 Å². The van der Waals surface area contributed by atoms with Crippen molar-refractivity contribution in [1.29, 1.82) is 0 Å². The summed E-state index contributed by atoms with van der Waals surface area (Å²) in [5.41, 5.74) is 2.68. The van der Waals surface area contributed by atoms with Gasteiger partial charge in [-0.25, -0.2) is 0 Å². The third-order valence-electron chi connectivity index (χ3n) is 1.17. The average Bonchev–Trinajstić information content (AvgIpc) is 1.88. The molecular weight excluding hydrogens is 136 g/mol. The third kappa shape index (κ3) is 5.62. The van der Waals surface area contributed by atoms with E-state index in [1.165, 1.54) is 11.1 Å². The van der Waals surface area contributed by atoms with Gasteiger partial charge >= 0.3 is 0 Å². The molecule has 1 rings (SSSR count). The molecule has 0 aliphatic rings. The summed E-state index contributed by atoms with van der Waals surface area (Å²) < 4.78 is 4.25. The van der Waals surface area contributed by atoms with Crippen LogP contribution in [0.2, 0.25) is 0 Å². The first-order valence-electron chi connectivity index (χ1n) is 3.64. The normalized spacial score (nSPS) is 8.36. The summed E-state index contributed by atoms with van der Waals surface area (Å²) >= 11 is 0. The van der Waals surface area contributed by atoms with E-state index in [1.807, 2.05) is 0 Å². The van der Waals surface area contributed by atoms with E-state index in [9.17, 15) is 0 Å². The van der Waals surface area contributed by atoms with E-state index < -0.39 is 0 Å². The van der Waals surface area contributed by atoms with Crippen LogP contribution in [0, 0.1) is 13.8 Å². The Morgan fingerprint density at radius 3 is 1.55 bits per heavy atom. The van der Waals surface area contributed by atoms with E-state index in [1.54, 1.807) is 14.2 Å². The molecule has 0 N–H and O–H groups in total. The molecule has 0 saturated heterocycles. The molecule has 1 heteroatoms. The lowest BCUT2D eigenvalue weighted by Gasteiger charge is -1.90. The fraction of sp³-hybridized carbons (Fsp3) is 0.400. The summed E-state index contributed by atoms with van der Waals surface area (Å²) in [4.78, 5) is 0. The van der Waals surface area contributed by atoms with Crippen molar-refractivity contribution in [2.45, 2.75) is 13.8 Å². The van der Waals surface area contributed by atoms with Gasteiger partial charge in [0.1, 0.15) is 0 Å². The fourth-order valence-electron chi connectivity index (χ4n) is 0.807. The maximum absolute atomic E-state index is 4.25. The minimum atomic E-state index is 1.34. The second-order valence-electron chi connectivity index (χ2n) is 2.57. The summed E-state index contributed by atoms with van der Waals surface area (Å²) in [6.07, 6.45) is 0. The van der Waals surface area contributed by atoms with Crippen molar-refractivity contribution in [2.75, 3.05) is 14.2 Å². The molecule has 0 atom stereocenters. The first kappa shape index (κ1) is 10.2. The lowest BCUT2D eigenvalue weighted by molar-refractivity contribution is 0.277. The van der Waals surface area contributed by atoms with E-state index in [2.05, 4.69) is 42.8 Å². The maximum atomic E-state index is 4.25. The number of benzene rings is 1. The van der Waals surface area contributed by atoms with Crippen LogP contribution in [0.4, 0.5) is 0 Å². The van der Waals surface area contributed by atoms with Gasteiger partial charge in [-0.2, -0.15) is 0 Å². The number of ether oxygens (including phenoxy) is 1. The second-order valence-corrected chi connectivity index (χ2v) is 2.57. The van der Waals surface area contributed by atoms with Gasteiger partial charge in [-0.1, -0.05) is 35.4 Å². The maximum Gasteiger partial charge on any atom is 0.0351 e. The molecule has 0 fully saturated rings. The average molecular weight is 152 g/mol. The van der Waals surface area contributed by atoms with Crippen LogP contribution in [0.1, 0.15) is 11.1 Å². The minimum Gasteiger partial charge on any atom is -0.388 e. The Balaban J connectivity index is 0.000000292. The Labute approximate surface area is 69.0 Å². The molecule has 1 aromatic carbocycles. The van der Waals surface area contributed by atoms with Gasteiger partial charge < -0.3 is 4.74 Å². The number of methoxy groups -OCH3 is 1. The highest BCUT2D eigenvalue weighted by molar-refractivity contribution is 5.20. The molecular formula is C10H16O. The molecule has 1 nitrogen and oxygen atoms in total. The van der Waals surface area contributed by atoms with Crippen molar-refractivity contribution < 1.29 is 4.74 Å². The zero-order valence-corrected chi connectivity index (χ0v) is 7.72. The summed E-state index contributed by atoms with van der Waals surface area (Å²) in [7, 11) is 3.25. The van der Waals surface area contributed by atoms with Crippen molar-refractivity contribution in [3.05, 3.63) is 35.4 Å². The largest absolute Gasteiger partial charge is 0.388 e. The molecule has 0 amide bonds. The van der Waals surface area contributed by atoms with Crippen LogP contribution in [0.5, 0.6) is 0 Å². The van der Waals surface area contributed by atoms with E-state index >= 15 is 0 Å². The Bertz CT molecular complexity index is 177. The minimum absolute atomic E-state index is 1.34. The molecule has 0 aliphatic heterocycles. The van der Waals surface area contributed by atoms with Crippen molar-refractivity contribution in [3.8, 4) is 0 Å². The van der Waals surface area contributed by atoms with Gasteiger partial charge in [0.15, 0.2) is 0 Å². The Morgan fingerprint density at radius 2 is 1.36 bits per heavy atom. The number of hydrogen-bond acceptors (Lipinski definition) is 1. The summed E-state index contributed by atoms with van der Waals surface area (Å²) in [5, 5.41) is 0. The molecule has 0 spiro atoms. The quantitative estimate of drug-likeness (QED) is 0.555. The molecule has 62 valence electrons. The zero-order chi connectivity index (χ0) is 8.69. The summed E-state index contributed by atoms with van der Waals surface area (Å²) in [6, 6.07) is 8.45. The van der Waals surface area contributed by atoms with Gasteiger partial charge in [-0.15, -0.1) is 0 Å². The Morgan fingerprint density at radius 1 is 1.00 bits per heavy atom. The van der Waals surface area contributed by atoms with Crippen LogP contribution < -0.4 is 0 Å². The molecule has 0 bridgehead atoms. The highest BCUT2D eigenvalue weighted by atomic mass is 16.4. The standard InChI is InChI=1S/C8H10.C2H6O/c1-7-4-3-5-8(2)6-7;1-3-2/h3-6H,1-2H3;1-2H3. The van der Waals surface area contributed by atoms with Gasteiger partial charge in [0.05, 0.1) is 0 Å². The number of aryl methyl sites for hydroxylation is 2. The highest BCUT2D eigenvalue weighted by Gasteiger charge is 1.80. The van der Waals surface area contributed by atoms with Gasteiger partial charge in [0.2, 0.25) is 0 Å². The van der Waals surface area contributed by atoms with E-state index in [-0.39, 0.29) is 0 Å². The molecule has 1 aromatic rings. The number of rotatable bonds is 0. The molecule has 0 unspecified atom stereocenters. The first-order valence-corrected chi connectivity index (χ1v) is 3.64. The Hall–Kier alpha value is -0.820. The van der Waals surface area contributed by atoms with Crippen LogP contribution in [0.15, 0.2) is 24.3 Å². The van der Waals surface area contributed by atoms with Crippen molar-refractivity contribution in [2.24, 2.45) is 0 Å². The second kappa shape index (κ2) is 5.93. The van der Waals surface area contributed by atoms with Crippen molar-refractivity contribution >= 4 is 0 Å². The van der Waals surface area contributed by atoms with E-state index in [0.717, 1.165) is 0 Å². The lowest BCUT2D eigenvalue weighted by atomic mass is 10.2. The predicted molar refractivity (Wildman–Crippen MR) is 48.8 cm³/mol. The van der Waals surface area contributed by atoms with Gasteiger partial charge in [0.25, 0.3) is 0 Å². The SMILES string of the molecule is COC.Cc1cccc(C)c1. The molecule has 0 aromatic heterocycles. The first-order chi connectivity index (χ1) is 5.20.